The van der Waals surface area contributed by atoms with Crippen LogP contribution in [0.3, 0.4) is 0 Å². The number of rotatable bonds is 5. The summed E-state index contributed by atoms with van der Waals surface area (Å²) in [4.78, 5) is 29.1. The van der Waals surface area contributed by atoms with Gasteiger partial charge < -0.3 is 9.47 Å². The number of fused-ring (bicyclic) bond motifs is 1. The molecule has 0 atom stereocenters. The van der Waals surface area contributed by atoms with E-state index in [1.807, 2.05) is 38.1 Å². The van der Waals surface area contributed by atoms with Crippen molar-refractivity contribution in [3.05, 3.63) is 68.5 Å². The molecule has 0 spiro atoms. The summed E-state index contributed by atoms with van der Waals surface area (Å²) in [7, 11) is 0. The van der Waals surface area contributed by atoms with Crippen LogP contribution in [0.5, 0.6) is 11.5 Å². The third-order valence-electron chi connectivity index (χ3n) is 4.31. The van der Waals surface area contributed by atoms with Gasteiger partial charge in [0, 0.05) is 12.5 Å². The van der Waals surface area contributed by atoms with E-state index in [1.165, 1.54) is 22.8 Å². The second-order valence-corrected chi connectivity index (χ2v) is 7.65. The van der Waals surface area contributed by atoms with Gasteiger partial charge in [0.2, 0.25) is 4.96 Å². The Morgan fingerprint density at radius 3 is 2.60 bits per heavy atom. The molecule has 8 heteroatoms. The van der Waals surface area contributed by atoms with Crippen molar-refractivity contribution in [3.63, 3.8) is 0 Å². The normalized spacial score (nSPS) is 11.8. The van der Waals surface area contributed by atoms with E-state index in [0.29, 0.717) is 33.4 Å². The topological polar surface area (TPSA) is 82.8 Å². The lowest BCUT2D eigenvalue weighted by atomic mass is 10.1. The summed E-state index contributed by atoms with van der Waals surface area (Å²) in [6, 6.07) is 13.0. The molecule has 7 nitrogen and oxygen atoms in total. The van der Waals surface area contributed by atoms with Crippen LogP contribution >= 0.6 is 11.3 Å². The molecule has 0 aliphatic heterocycles. The molecule has 2 aromatic heterocycles. The fourth-order valence-corrected chi connectivity index (χ4v) is 3.84. The molecule has 0 unspecified atom stereocenters. The number of aromatic nitrogens is 3. The first kappa shape index (κ1) is 19.8. The molecule has 0 radical (unpaired) electrons. The minimum absolute atomic E-state index is 0.233. The first-order valence-corrected chi connectivity index (χ1v) is 10.2. The largest absolute Gasteiger partial charge is 0.490 e. The average molecular weight is 421 g/mol. The van der Waals surface area contributed by atoms with Crippen molar-refractivity contribution in [1.82, 2.24) is 14.6 Å². The van der Waals surface area contributed by atoms with Crippen molar-refractivity contribution >= 4 is 28.3 Å². The number of thiazole rings is 1. The van der Waals surface area contributed by atoms with Gasteiger partial charge in [0.05, 0.1) is 11.1 Å². The van der Waals surface area contributed by atoms with Crippen molar-refractivity contribution in [1.29, 1.82) is 0 Å². The van der Waals surface area contributed by atoms with Crippen LogP contribution in [0.2, 0.25) is 0 Å². The molecule has 30 heavy (non-hydrogen) atoms. The van der Waals surface area contributed by atoms with Gasteiger partial charge in [-0.25, -0.2) is 0 Å². The highest BCUT2D eigenvalue weighted by molar-refractivity contribution is 7.15. The Balaban J connectivity index is 1.72. The minimum Gasteiger partial charge on any atom is -0.490 e. The molecule has 0 aliphatic rings. The van der Waals surface area contributed by atoms with E-state index in [2.05, 4.69) is 10.1 Å². The number of hydrogen-bond donors (Lipinski definition) is 0. The van der Waals surface area contributed by atoms with Crippen LogP contribution in [-0.2, 0) is 4.79 Å². The quantitative estimate of drug-likeness (QED) is 0.364. The molecule has 2 aromatic carbocycles. The first-order chi connectivity index (χ1) is 14.4. The van der Waals surface area contributed by atoms with Crippen LogP contribution in [0.1, 0.15) is 25.0 Å². The molecule has 152 valence electrons. The smallest absolute Gasteiger partial charge is 0.308 e. The Morgan fingerprint density at radius 2 is 1.93 bits per heavy atom. The average Bonchev–Trinajstić information content (AvgIpc) is 3.24. The van der Waals surface area contributed by atoms with Crippen molar-refractivity contribution < 1.29 is 14.3 Å². The van der Waals surface area contributed by atoms with Crippen LogP contribution in [0, 0.1) is 6.92 Å². The van der Waals surface area contributed by atoms with Crippen LogP contribution in [0.25, 0.3) is 22.4 Å². The summed E-state index contributed by atoms with van der Waals surface area (Å²) in [5.74, 6) is 0.878. The third-order valence-corrected chi connectivity index (χ3v) is 5.27. The second-order valence-electron chi connectivity index (χ2n) is 6.64. The highest BCUT2D eigenvalue weighted by atomic mass is 32.1. The Bertz CT molecular complexity index is 1340. The maximum atomic E-state index is 12.8. The number of nitrogens with zero attached hydrogens (tertiary/aromatic N) is 3. The SMILES string of the molecule is CCOc1cc(/C=c2/sc3nc(-c4ccc(C)cc4)nn3c2=O)ccc1OC(C)=O. The molecular weight excluding hydrogens is 402 g/mol. The Hall–Kier alpha value is -3.52. The lowest BCUT2D eigenvalue weighted by Crippen LogP contribution is -2.23. The summed E-state index contributed by atoms with van der Waals surface area (Å²) in [6.07, 6.45) is 1.75. The molecule has 0 N–H and O–H groups in total. The van der Waals surface area contributed by atoms with E-state index < -0.39 is 5.97 Å². The van der Waals surface area contributed by atoms with E-state index in [1.54, 1.807) is 24.3 Å². The zero-order valence-electron chi connectivity index (χ0n) is 16.7. The molecule has 0 bridgehead atoms. The van der Waals surface area contributed by atoms with Gasteiger partial charge in [-0.3, -0.25) is 9.59 Å². The number of hydrogen-bond acceptors (Lipinski definition) is 7. The van der Waals surface area contributed by atoms with Crippen LogP contribution in [0.4, 0.5) is 0 Å². The van der Waals surface area contributed by atoms with Crippen molar-refractivity contribution in [3.8, 4) is 22.9 Å². The van der Waals surface area contributed by atoms with Gasteiger partial charge in [-0.2, -0.15) is 9.50 Å². The fourth-order valence-electron chi connectivity index (χ4n) is 2.93. The molecule has 4 aromatic rings. The Labute approximate surface area is 176 Å². The summed E-state index contributed by atoms with van der Waals surface area (Å²) < 4.78 is 12.6. The standard InChI is InChI=1S/C22H19N3O4S/c1-4-28-18-11-15(7-10-17(18)29-14(3)26)12-19-21(27)25-22(30-19)23-20(24-25)16-8-5-13(2)6-9-16/h5-12H,4H2,1-3H3/b19-12+. The van der Waals surface area contributed by atoms with Gasteiger partial charge in [0.15, 0.2) is 17.3 Å². The van der Waals surface area contributed by atoms with E-state index in [-0.39, 0.29) is 5.56 Å². The van der Waals surface area contributed by atoms with E-state index >= 15 is 0 Å². The summed E-state index contributed by atoms with van der Waals surface area (Å²) >= 11 is 1.27. The molecule has 4 rings (SSSR count). The molecule has 0 saturated carbocycles. The monoisotopic (exact) mass is 421 g/mol. The highest BCUT2D eigenvalue weighted by Crippen LogP contribution is 2.29. The molecule has 0 fully saturated rings. The molecule has 0 aliphatic carbocycles. The number of aryl methyl sites for hydroxylation is 1. The second kappa shape index (κ2) is 8.08. The highest BCUT2D eigenvalue weighted by Gasteiger charge is 2.13. The van der Waals surface area contributed by atoms with Gasteiger partial charge in [0.1, 0.15) is 0 Å². The number of carbonyl (C=O) groups excluding carboxylic acids is 1. The Kier molecular flexibility index (Phi) is 5.33. The van der Waals surface area contributed by atoms with E-state index in [0.717, 1.165) is 16.7 Å². The third kappa shape index (κ3) is 3.95. The maximum absolute atomic E-state index is 12.8. The lowest BCUT2D eigenvalue weighted by Gasteiger charge is -2.10. The zero-order valence-corrected chi connectivity index (χ0v) is 17.5. The minimum atomic E-state index is -0.426. The predicted molar refractivity (Wildman–Crippen MR) is 115 cm³/mol. The van der Waals surface area contributed by atoms with E-state index in [4.69, 9.17) is 9.47 Å². The zero-order chi connectivity index (χ0) is 21.3. The predicted octanol–water partition coefficient (Wildman–Crippen LogP) is 3.00. The number of carbonyl (C=O) groups is 1. The van der Waals surface area contributed by atoms with Crippen LogP contribution in [0.15, 0.2) is 47.3 Å². The summed E-state index contributed by atoms with van der Waals surface area (Å²) in [6.45, 7) is 5.60. The van der Waals surface area contributed by atoms with Crippen LogP contribution in [-0.4, -0.2) is 27.2 Å². The fraction of sp³-hybridized carbons (Fsp3) is 0.182. The number of ether oxygens (including phenoxy) is 2. The summed E-state index contributed by atoms with van der Waals surface area (Å²) in [5, 5.41) is 4.37. The molecule has 2 heterocycles. The van der Waals surface area contributed by atoms with Crippen molar-refractivity contribution in [2.45, 2.75) is 20.8 Å². The maximum Gasteiger partial charge on any atom is 0.308 e. The number of benzene rings is 2. The van der Waals surface area contributed by atoms with Gasteiger partial charge in [-0.1, -0.05) is 47.2 Å². The van der Waals surface area contributed by atoms with Crippen LogP contribution < -0.4 is 19.6 Å². The van der Waals surface area contributed by atoms with Crippen molar-refractivity contribution in [2.24, 2.45) is 0 Å². The first-order valence-electron chi connectivity index (χ1n) is 9.38. The lowest BCUT2D eigenvalue weighted by molar-refractivity contribution is -0.132. The summed E-state index contributed by atoms with van der Waals surface area (Å²) in [5.41, 5.74) is 2.52. The molecular formula is C22H19N3O4S. The Morgan fingerprint density at radius 1 is 1.17 bits per heavy atom. The van der Waals surface area contributed by atoms with Crippen molar-refractivity contribution in [2.75, 3.05) is 6.61 Å². The van der Waals surface area contributed by atoms with E-state index in [9.17, 15) is 9.59 Å². The number of esters is 1. The molecule has 0 amide bonds. The van der Waals surface area contributed by atoms with Gasteiger partial charge in [0.25, 0.3) is 5.56 Å². The molecule has 0 saturated heterocycles. The van der Waals surface area contributed by atoms with Gasteiger partial charge >= 0.3 is 5.97 Å². The van der Waals surface area contributed by atoms with Gasteiger partial charge in [-0.15, -0.1) is 5.10 Å². The van der Waals surface area contributed by atoms with Gasteiger partial charge in [-0.05, 0) is 37.6 Å².